The Bertz CT molecular complexity index is 340. The maximum absolute atomic E-state index is 12.1. The van der Waals surface area contributed by atoms with E-state index in [2.05, 4.69) is 13.2 Å². The predicted molar refractivity (Wildman–Crippen MR) is 82.5 cm³/mol. The molecule has 0 aromatic rings. The van der Waals surface area contributed by atoms with Gasteiger partial charge in [0.2, 0.25) is 0 Å². The van der Waals surface area contributed by atoms with Gasteiger partial charge in [-0.25, -0.2) is 0 Å². The zero-order valence-electron chi connectivity index (χ0n) is 11.9. The molecule has 0 unspecified atom stereocenters. The van der Waals surface area contributed by atoms with Crippen LogP contribution >= 0.6 is 0 Å². The molecular formula is C17H24O. The second-order valence-electron chi connectivity index (χ2n) is 3.04. The highest BCUT2D eigenvalue weighted by Crippen LogP contribution is 2.10. The summed E-state index contributed by atoms with van der Waals surface area (Å²) in [5.74, 6) is -0.0315. The Morgan fingerprint density at radius 1 is 0.833 bits per heavy atom. The number of rotatable bonds is 6. The van der Waals surface area contributed by atoms with Crippen LogP contribution in [0.5, 0.6) is 0 Å². The van der Waals surface area contributed by atoms with E-state index in [-0.39, 0.29) is 5.78 Å². The van der Waals surface area contributed by atoms with Crippen molar-refractivity contribution in [3.8, 4) is 0 Å². The second-order valence-corrected chi connectivity index (χ2v) is 3.04. The molecule has 1 nitrogen and oxygen atoms in total. The number of carbonyl (C=O) groups is 1. The van der Waals surface area contributed by atoms with Gasteiger partial charge in [0.15, 0.2) is 5.78 Å². The first-order valence-corrected chi connectivity index (χ1v) is 6.16. The quantitative estimate of drug-likeness (QED) is 0.477. The summed E-state index contributed by atoms with van der Waals surface area (Å²) >= 11 is 0. The standard InChI is InChI=1S/C15H18O.C2H6/c1-5-9-13(10-6-2)15(16)14(11-7-3)12-8-4;1-2/h5-12H,1,3H2,2,4H3;1-2H3/b10-6-,12-8-,13-9+,14-11+;. The van der Waals surface area contributed by atoms with Crippen LogP contribution < -0.4 is 0 Å². The van der Waals surface area contributed by atoms with Crippen LogP contribution in [-0.2, 0) is 4.79 Å². The Kier molecular flexibility index (Phi) is 13.5. The molecule has 0 aliphatic heterocycles. The smallest absolute Gasteiger partial charge is 0.192 e. The number of ketones is 1. The van der Waals surface area contributed by atoms with Gasteiger partial charge in [0.05, 0.1) is 0 Å². The average Bonchev–Trinajstić information content (AvgIpc) is 2.40. The summed E-state index contributed by atoms with van der Waals surface area (Å²) in [6, 6.07) is 0. The first kappa shape index (κ1) is 18.5. The second kappa shape index (κ2) is 13.2. The first-order valence-electron chi connectivity index (χ1n) is 6.16. The summed E-state index contributed by atoms with van der Waals surface area (Å²) in [5, 5.41) is 0. The van der Waals surface area contributed by atoms with Crippen LogP contribution in [0, 0.1) is 0 Å². The van der Waals surface area contributed by atoms with E-state index in [4.69, 9.17) is 0 Å². The van der Waals surface area contributed by atoms with E-state index in [0.29, 0.717) is 11.1 Å². The lowest BCUT2D eigenvalue weighted by Crippen LogP contribution is -2.02. The van der Waals surface area contributed by atoms with E-state index in [9.17, 15) is 4.79 Å². The molecule has 0 bridgehead atoms. The van der Waals surface area contributed by atoms with E-state index in [0.717, 1.165) is 0 Å². The molecule has 0 spiro atoms. The Labute approximate surface area is 112 Å². The van der Waals surface area contributed by atoms with Crippen molar-refractivity contribution in [2.75, 3.05) is 0 Å². The lowest BCUT2D eigenvalue weighted by atomic mass is 10.0. The zero-order chi connectivity index (χ0) is 14.4. The minimum Gasteiger partial charge on any atom is -0.289 e. The molecule has 0 saturated heterocycles. The molecular weight excluding hydrogens is 220 g/mol. The molecule has 0 aromatic heterocycles. The van der Waals surface area contributed by atoms with Crippen LogP contribution in [0.4, 0.5) is 0 Å². The van der Waals surface area contributed by atoms with E-state index in [1.807, 2.05) is 39.8 Å². The Balaban J connectivity index is 0. The largest absolute Gasteiger partial charge is 0.289 e. The molecule has 0 aliphatic rings. The van der Waals surface area contributed by atoms with Crippen molar-refractivity contribution >= 4 is 5.78 Å². The Hall–Kier alpha value is -1.89. The van der Waals surface area contributed by atoms with Crippen molar-refractivity contribution in [1.82, 2.24) is 0 Å². The van der Waals surface area contributed by atoms with E-state index < -0.39 is 0 Å². The van der Waals surface area contributed by atoms with Gasteiger partial charge < -0.3 is 0 Å². The predicted octanol–water partition coefficient (Wildman–Crippen LogP) is 4.96. The number of hydrogen-bond acceptors (Lipinski definition) is 1. The van der Waals surface area contributed by atoms with Crippen LogP contribution in [0.25, 0.3) is 0 Å². The van der Waals surface area contributed by atoms with Crippen molar-refractivity contribution in [2.24, 2.45) is 0 Å². The summed E-state index contributed by atoms with van der Waals surface area (Å²) < 4.78 is 0. The highest BCUT2D eigenvalue weighted by Gasteiger charge is 2.08. The molecule has 0 amide bonds. The maximum Gasteiger partial charge on any atom is 0.192 e. The number of Topliss-reactive ketones (excluding diaryl/α,β-unsaturated/α-hetero) is 1. The van der Waals surface area contributed by atoms with Gasteiger partial charge in [-0.15, -0.1) is 0 Å². The van der Waals surface area contributed by atoms with Crippen molar-refractivity contribution in [1.29, 1.82) is 0 Å². The number of allylic oxidation sites excluding steroid dienone is 10. The molecule has 18 heavy (non-hydrogen) atoms. The van der Waals surface area contributed by atoms with Crippen molar-refractivity contribution in [3.63, 3.8) is 0 Å². The van der Waals surface area contributed by atoms with Crippen molar-refractivity contribution in [3.05, 3.63) is 72.9 Å². The lowest BCUT2D eigenvalue weighted by Gasteiger charge is -2.01. The third-order valence-corrected chi connectivity index (χ3v) is 1.81. The van der Waals surface area contributed by atoms with E-state index in [1.54, 1.807) is 36.5 Å². The molecule has 0 heterocycles. The molecule has 0 atom stereocenters. The Morgan fingerprint density at radius 2 is 1.17 bits per heavy atom. The molecule has 0 saturated carbocycles. The summed E-state index contributed by atoms with van der Waals surface area (Å²) in [4.78, 5) is 12.1. The zero-order valence-corrected chi connectivity index (χ0v) is 11.9. The van der Waals surface area contributed by atoms with Gasteiger partial charge in [-0.1, -0.05) is 75.6 Å². The SMILES string of the molecule is C=C/C=C(\C=C/C)C(=O)C(/C=C\C)=C/C=C.CC. The first-order chi connectivity index (χ1) is 8.71. The van der Waals surface area contributed by atoms with Crippen molar-refractivity contribution in [2.45, 2.75) is 27.7 Å². The van der Waals surface area contributed by atoms with Crippen LogP contribution in [0.1, 0.15) is 27.7 Å². The fourth-order valence-electron chi connectivity index (χ4n) is 1.19. The van der Waals surface area contributed by atoms with Gasteiger partial charge in [0.1, 0.15) is 0 Å². The number of carbonyl (C=O) groups excluding carboxylic acids is 1. The lowest BCUT2D eigenvalue weighted by molar-refractivity contribution is -0.111. The summed E-state index contributed by atoms with van der Waals surface area (Å²) in [5.41, 5.74) is 1.23. The van der Waals surface area contributed by atoms with Gasteiger partial charge in [-0.05, 0) is 13.8 Å². The van der Waals surface area contributed by atoms with Gasteiger partial charge in [-0.3, -0.25) is 4.79 Å². The molecule has 0 rings (SSSR count). The maximum atomic E-state index is 12.1. The molecule has 98 valence electrons. The molecule has 0 aliphatic carbocycles. The minimum atomic E-state index is -0.0315. The monoisotopic (exact) mass is 244 g/mol. The molecule has 0 N–H and O–H groups in total. The third-order valence-electron chi connectivity index (χ3n) is 1.81. The molecule has 0 aromatic carbocycles. The topological polar surface area (TPSA) is 17.1 Å². The number of hydrogen-bond donors (Lipinski definition) is 0. The average molecular weight is 244 g/mol. The van der Waals surface area contributed by atoms with E-state index in [1.165, 1.54) is 0 Å². The normalized spacial score (nSPS) is 12.2. The fourth-order valence-corrected chi connectivity index (χ4v) is 1.19. The minimum absolute atomic E-state index is 0.0315. The van der Waals surface area contributed by atoms with Crippen LogP contribution in [0.15, 0.2) is 72.9 Å². The fraction of sp³-hybridized carbons (Fsp3) is 0.235. The van der Waals surface area contributed by atoms with Crippen molar-refractivity contribution < 1.29 is 4.79 Å². The summed E-state index contributed by atoms with van der Waals surface area (Å²) in [6.45, 7) is 14.9. The van der Waals surface area contributed by atoms with Gasteiger partial charge in [0, 0.05) is 11.1 Å². The van der Waals surface area contributed by atoms with E-state index >= 15 is 0 Å². The van der Waals surface area contributed by atoms with Gasteiger partial charge >= 0.3 is 0 Å². The molecule has 0 radical (unpaired) electrons. The van der Waals surface area contributed by atoms with Crippen LogP contribution in [0.3, 0.4) is 0 Å². The van der Waals surface area contributed by atoms with Gasteiger partial charge in [0.25, 0.3) is 0 Å². The molecule has 0 fully saturated rings. The molecule has 1 heteroatoms. The Morgan fingerprint density at radius 3 is 1.39 bits per heavy atom. The highest BCUT2D eigenvalue weighted by atomic mass is 16.1. The van der Waals surface area contributed by atoms with Gasteiger partial charge in [-0.2, -0.15) is 0 Å². The highest BCUT2D eigenvalue weighted by molar-refractivity contribution is 6.12. The third kappa shape index (κ3) is 7.39. The summed E-state index contributed by atoms with van der Waals surface area (Å²) in [6.07, 6.45) is 13.8. The van der Waals surface area contributed by atoms with Crippen LogP contribution in [0.2, 0.25) is 0 Å². The van der Waals surface area contributed by atoms with Crippen LogP contribution in [-0.4, -0.2) is 5.78 Å². The summed E-state index contributed by atoms with van der Waals surface area (Å²) in [7, 11) is 0.